The summed E-state index contributed by atoms with van der Waals surface area (Å²) in [5.74, 6) is 0. The van der Waals surface area contributed by atoms with Gasteiger partial charge in [-0.05, 0) is 39.7 Å². The normalized spacial score (nSPS) is 14.0. The molecule has 0 unspecified atom stereocenters. The highest BCUT2D eigenvalue weighted by molar-refractivity contribution is 9.18. The number of aliphatic imine (C=N–C) groups is 1. The topological polar surface area (TPSA) is 32.7 Å². The van der Waals surface area contributed by atoms with Crippen molar-refractivity contribution >= 4 is 48.8 Å². The summed E-state index contributed by atoms with van der Waals surface area (Å²) >= 11 is 6.23. The van der Waals surface area contributed by atoms with Gasteiger partial charge in [0.15, 0.2) is 0 Å². The van der Waals surface area contributed by atoms with Gasteiger partial charge in [-0.15, -0.1) is 0 Å². The molecule has 0 atom stereocenters. The fraction of sp³-hybridized carbons (Fsp3) is 0.111. The van der Waals surface area contributed by atoms with Crippen molar-refractivity contribution in [3.8, 4) is 0 Å². The molecule has 2 rings (SSSR count). The summed E-state index contributed by atoms with van der Waals surface area (Å²) in [7, 11) is 0. The largest absolute Gasteiger partial charge is 0.295 e. The predicted molar refractivity (Wildman–Crippen MR) is 62.3 cm³/mol. The second kappa shape index (κ2) is 3.82. The number of nitrogens with zero attached hydrogens (tertiary/aromatic N) is 2. The smallest absolute Gasteiger partial charge is 0.228 e. The van der Waals surface area contributed by atoms with Crippen LogP contribution in [0.15, 0.2) is 23.2 Å². The van der Waals surface area contributed by atoms with Crippen LogP contribution in [-0.2, 0) is 6.54 Å². The van der Waals surface area contributed by atoms with Gasteiger partial charge in [0.1, 0.15) is 6.34 Å². The molecule has 0 aliphatic carbocycles. The third kappa shape index (κ3) is 1.88. The maximum atomic E-state index is 11.1. The Morgan fingerprint density at radius 2 is 2.29 bits per heavy atom. The minimum absolute atomic E-state index is 0.101. The lowest BCUT2D eigenvalue weighted by atomic mass is 10.1. The standard InChI is InChI=1S/C9H6Br2N2O/c10-9(14)6-1-2-8-7(3-6)4-13(11)5-12-8/h1-3,5H,4H2. The highest BCUT2D eigenvalue weighted by atomic mass is 79.9. The van der Waals surface area contributed by atoms with Crippen molar-refractivity contribution in [1.29, 1.82) is 0 Å². The van der Waals surface area contributed by atoms with Crippen LogP contribution in [0.2, 0.25) is 0 Å². The zero-order valence-electron chi connectivity index (χ0n) is 7.08. The minimum Gasteiger partial charge on any atom is -0.295 e. The third-order valence-corrected chi connectivity index (χ3v) is 2.84. The van der Waals surface area contributed by atoms with E-state index in [4.69, 9.17) is 0 Å². The van der Waals surface area contributed by atoms with Gasteiger partial charge in [-0.3, -0.25) is 8.72 Å². The van der Waals surface area contributed by atoms with Crippen LogP contribution in [-0.4, -0.2) is 15.0 Å². The molecule has 72 valence electrons. The molecule has 0 bridgehead atoms. The van der Waals surface area contributed by atoms with E-state index >= 15 is 0 Å². The van der Waals surface area contributed by atoms with Crippen molar-refractivity contribution in [2.75, 3.05) is 0 Å². The van der Waals surface area contributed by atoms with Crippen molar-refractivity contribution in [3.05, 3.63) is 29.3 Å². The molecule has 0 saturated heterocycles. The first-order valence-corrected chi connectivity index (χ1v) is 5.46. The highest BCUT2D eigenvalue weighted by Crippen LogP contribution is 2.26. The molecule has 5 heteroatoms. The van der Waals surface area contributed by atoms with Gasteiger partial charge < -0.3 is 0 Å². The Morgan fingerprint density at radius 1 is 1.50 bits per heavy atom. The summed E-state index contributed by atoms with van der Waals surface area (Å²) in [6.07, 6.45) is 1.71. The molecular formula is C9H6Br2N2O. The Bertz CT molecular complexity index is 417. The lowest BCUT2D eigenvalue weighted by Gasteiger charge is -2.17. The summed E-state index contributed by atoms with van der Waals surface area (Å²) in [5.41, 5.74) is 2.61. The van der Waals surface area contributed by atoms with E-state index in [0.29, 0.717) is 12.1 Å². The Balaban J connectivity index is 2.44. The highest BCUT2D eigenvalue weighted by Gasteiger charge is 2.11. The fourth-order valence-electron chi connectivity index (χ4n) is 1.29. The van der Waals surface area contributed by atoms with Crippen molar-refractivity contribution in [2.24, 2.45) is 4.99 Å². The Hall–Kier alpha value is -0.680. The number of rotatable bonds is 1. The zero-order chi connectivity index (χ0) is 10.1. The van der Waals surface area contributed by atoms with Crippen LogP contribution >= 0.6 is 32.1 Å². The number of fused-ring (bicyclic) bond motifs is 1. The molecule has 1 aliphatic rings. The molecule has 14 heavy (non-hydrogen) atoms. The second-order valence-corrected chi connectivity index (χ2v) is 4.55. The van der Waals surface area contributed by atoms with Crippen molar-refractivity contribution < 1.29 is 4.79 Å². The van der Waals surface area contributed by atoms with E-state index in [9.17, 15) is 4.79 Å². The van der Waals surface area contributed by atoms with Crippen molar-refractivity contribution in [3.63, 3.8) is 0 Å². The Labute approximate surface area is 98.3 Å². The Kier molecular flexibility index (Phi) is 2.69. The molecule has 1 aromatic rings. The van der Waals surface area contributed by atoms with Crippen LogP contribution < -0.4 is 0 Å². The summed E-state index contributed by atoms with van der Waals surface area (Å²) in [4.78, 5) is 15.3. The van der Waals surface area contributed by atoms with Gasteiger partial charge >= 0.3 is 0 Å². The molecule has 0 radical (unpaired) electrons. The first-order valence-electron chi connectivity index (χ1n) is 3.96. The van der Waals surface area contributed by atoms with E-state index in [1.54, 1.807) is 16.3 Å². The van der Waals surface area contributed by atoms with E-state index in [-0.39, 0.29) is 4.69 Å². The number of halogens is 2. The van der Waals surface area contributed by atoms with E-state index in [0.717, 1.165) is 11.3 Å². The third-order valence-electron chi connectivity index (χ3n) is 1.95. The fourth-order valence-corrected chi connectivity index (χ4v) is 1.90. The molecule has 1 aromatic carbocycles. The van der Waals surface area contributed by atoms with Gasteiger partial charge in [-0.25, -0.2) is 4.99 Å². The molecule has 1 heterocycles. The van der Waals surface area contributed by atoms with Gasteiger partial charge in [0.2, 0.25) is 4.69 Å². The lowest BCUT2D eigenvalue weighted by molar-refractivity contribution is 0.109. The summed E-state index contributed by atoms with van der Waals surface area (Å²) in [6, 6.07) is 5.45. The van der Waals surface area contributed by atoms with Crippen molar-refractivity contribution in [2.45, 2.75) is 6.54 Å². The lowest BCUT2D eigenvalue weighted by Crippen LogP contribution is -2.12. The van der Waals surface area contributed by atoms with Crippen LogP contribution in [0.1, 0.15) is 15.9 Å². The van der Waals surface area contributed by atoms with Gasteiger partial charge in [-0.1, -0.05) is 0 Å². The molecular weight excluding hydrogens is 312 g/mol. The van der Waals surface area contributed by atoms with Crippen LogP contribution in [0.3, 0.4) is 0 Å². The molecule has 0 N–H and O–H groups in total. The first-order chi connectivity index (χ1) is 6.66. The SMILES string of the molecule is O=C(Br)c1ccc2c(c1)CN(Br)C=N2. The molecule has 0 aromatic heterocycles. The molecule has 1 aliphatic heterocycles. The maximum Gasteiger partial charge on any atom is 0.228 e. The number of benzene rings is 1. The zero-order valence-corrected chi connectivity index (χ0v) is 10.2. The second-order valence-electron chi connectivity index (χ2n) is 2.92. The van der Waals surface area contributed by atoms with Crippen molar-refractivity contribution in [1.82, 2.24) is 3.93 Å². The van der Waals surface area contributed by atoms with Gasteiger partial charge in [0, 0.05) is 5.56 Å². The number of carbonyl (C=O) groups excluding carboxylic acids is 1. The summed E-state index contributed by atoms with van der Waals surface area (Å²) < 4.78 is 1.69. The number of hydrogen-bond donors (Lipinski definition) is 0. The van der Waals surface area contributed by atoms with E-state index in [2.05, 4.69) is 37.1 Å². The average molecular weight is 318 g/mol. The summed E-state index contributed by atoms with van der Waals surface area (Å²) in [5, 5.41) is 0. The first kappa shape index (κ1) is 9.86. The van der Waals surface area contributed by atoms with Gasteiger partial charge in [0.25, 0.3) is 0 Å². The quantitative estimate of drug-likeness (QED) is 0.589. The Morgan fingerprint density at radius 3 is 3.00 bits per heavy atom. The molecule has 0 saturated carbocycles. The summed E-state index contributed by atoms with van der Waals surface area (Å²) in [6.45, 7) is 0.715. The maximum absolute atomic E-state index is 11.1. The van der Waals surface area contributed by atoms with Gasteiger partial charge in [-0.2, -0.15) is 0 Å². The van der Waals surface area contributed by atoms with Gasteiger partial charge in [0.05, 0.1) is 28.4 Å². The van der Waals surface area contributed by atoms with Crippen LogP contribution in [0.4, 0.5) is 5.69 Å². The van der Waals surface area contributed by atoms with E-state index in [1.165, 1.54) is 0 Å². The molecule has 0 spiro atoms. The van der Waals surface area contributed by atoms with Crippen LogP contribution in [0.25, 0.3) is 0 Å². The molecule has 0 amide bonds. The molecule has 3 nitrogen and oxygen atoms in total. The van der Waals surface area contributed by atoms with E-state index in [1.807, 2.05) is 12.1 Å². The van der Waals surface area contributed by atoms with E-state index < -0.39 is 0 Å². The number of carbonyl (C=O) groups is 1. The number of hydrogen-bond acceptors (Lipinski definition) is 3. The predicted octanol–water partition coefficient (Wildman–Crippen LogP) is 3.01. The minimum atomic E-state index is -0.101. The monoisotopic (exact) mass is 316 g/mol. The van der Waals surface area contributed by atoms with Crippen LogP contribution in [0, 0.1) is 0 Å². The van der Waals surface area contributed by atoms with Crippen LogP contribution in [0.5, 0.6) is 0 Å². The average Bonchev–Trinajstić information content (AvgIpc) is 2.16. The molecule has 0 fully saturated rings.